The fourth-order valence-corrected chi connectivity index (χ4v) is 21.4. The Morgan fingerprint density at radius 2 is 0.379 bits per heavy atom. The second-order valence-corrected chi connectivity index (χ2v) is 39.1. The number of unbranched alkanes of at least 4 members (excludes halogenated alkanes) is 32. The molecule has 8 aromatic carbocycles. The number of nitrogens with one attached hydrogen (secondary N) is 4. The van der Waals surface area contributed by atoms with E-state index in [9.17, 15) is 19.2 Å². The van der Waals surface area contributed by atoms with Crippen molar-refractivity contribution >= 4 is 68.0 Å². The predicted molar refractivity (Wildman–Crippen MR) is 547 cm³/mol. The van der Waals surface area contributed by atoms with Gasteiger partial charge >= 0.3 is 23.9 Å². The van der Waals surface area contributed by atoms with Gasteiger partial charge in [0.05, 0.1) is 70.6 Å². The SMILES string of the molecule is CCCCCCCCCCCC1c2cc3c4cc2Oc2cc5nc(CC(=O)OCC)[nH]c5cc2Oc2cc5c(cc21)C(CCCCCCCCCCC)c1cc2c(cc1Oc1cc6[nH]c(CC(=O)OCC)nc6cc1O5)Oc1cc5nc(CC(=O)OCC)[nH]c5cc1Oc1cc(c(cc1C2CCCCCCCCCCC)C3CCCCCCCCCCC)Oc1cc2nc(CC(=O)OCC)[nH]c2cc1O4. The summed E-state index contributed by atoms with van der Waals surface area (Å²) in [7, 11) is 0. The van der Waals surface area contributed by atoms with Crippen molar-refractivity contribution in [3.63, 3.8) is 0 Å². The summed E-state index contributed by atoms with van der Waals surface area (Å²) in [5.74, 6) is 5.49. The maximum atomic E-state index is 13.5. The molecule has 8 bridgehead atoms. The first-order chi connectivity index (χ1) is 68.6. The number of benzene rings is 8. The van der Waals surface area contributed by atoms with Gasteiger partial charge in [0.25, 0.3) is 0 Å². The number of ether oxygens (including phenoxy) is 12. The van der Waals surface area contributed by atoms with Gasteiger partial charge in [-0.25, -0.2) is 19.9 Å². The fourth-order valence-electron chi connectivity index (χ4n) is 21.4. The van der Waals surface area contributed by atoms with Gasteiger partial charge < -0.3 is 76.8 Å². The third-order valence-corrected chi connectivity index (χ3v) is 28.6. The Hall–Kier alpha value is -12.1. The first-order valence-electron chi connectivity index (χ1n) is 53.5. The number of nitrogens with zero attached hydrogens (tertiary/aromatic N) is 4. The van der Waals surface area contributed by atoms with Crippen LogP contribution in [0, 0.1) is 0 Å². The second-order valence-electron chi connectivity index (χ2n) is 39.1. The van der Waals surface area contributed by atoms with E-state index >= 15 is 0 Å². The van der Waals surface area contributed by atoms with Gasteiger partial charge in [-0.05, 0) is 77.6 Å². The van der Waals surface area contributed by atoms with Crippen LogP contribution in [0.5, 0.6) is 92.0 Å². The van der Waals surface area contributed by atoms with E-state index in [4.69, 9.17) is 76.8 Å². The summed E-state index contributed by atoms with van der Waals surface area (Å²) >= 11 is 0. The summed E-state index contributed by atoms with van der Waals surface area (Å²) in [5, 5.41) is 0. The van der Waals surface area contributed by atoms with E-state index in [2.05, 4.69) is 96.2 Å². The number of aromatic nitrogens is 8. The van der Waals surface area contributed by atoms with Crippen molar-refractivity contribution in [3.8, 4) is 92.0 Å². The normalized spacial score (nSPS) is 15.1. The highest BCUT2D eigenvalue weighted by atomic mass is 16.6. The van der Waals surface area contributed by atoms with E-state index in [1.54, 1.807) is 27.7 Å². The van der Waals surface area contributed by atoms with Gasteiger partial charge in [-0.2, -0.15) is 0 Å². The Kier molecular flexibility index (Phi) is 34.4. The van der Waals surface area contributed by atoms with Gasteiger partial charge in [0, 0.05) is 141 Å². The molecule has 0 fully saturated rings. The van der Waals surface area contributed by atoms with Crippen LogP contribution in [0.2, 0.25) is 0 Å². The zero-order valence-electron chi connectivity index (χ0n) is 83.8. The summed E-state index contributed by atoms with van der Waals surface area (Å²) < 4.78 is 85.2. The van der Waals surface area contributed by atoms with Gasteiger partial charge in [-0.1, -0.05) is 259 Å². The molecule has 24 heteroatoms. The van der Waals surface area contributed by atoms with Crippen molar-refractivity contribution < 1.29 is 76.0 Å². The molecule has 12 aromatic rings. The van der Waals surface area contributed by atoms with Crippen molar-refractivity contribution in [1.82, 2.24) is 39.9 Å². The lowest BCUT2D eigenvalue weighted by Crippen LogP contribution is -2.13. The lowest BCUT2D eigenvalue weighted by atomic mass is 9.76. The zero-order chi connectivity index (χ0) is 96.8. The molecule has 4 unspecified atom stereocenters. The minimum Gasteiger partial charge on any atom is -0.466 e. The molecule has 1 aliphatic carbocycles. The number of imidazole rings is 4. The largest absolute Gasteiger partial charge is 0.466 e. The highest BCUT2D eigenvalue weighted by Gasteiger charge is 2.40. The van der Waals surface area contributed by atoms with Crippen LogP contribution in [0.3, 0.4) is 0 Å². The number of H-pyrrole nitrogens is 4. The first-order valence-corrected chi connectivity index (χ1v) is 53.5. The Morgan fingerprint density at radius 1 is 0.214 bits per heavy atom. The minimum atomic E-state index is -0.439. The van der Waals surface area contributed by atoms with E-state index in [-0.39, 0.29) is 52.1 Å². The Bertz CT molecular complexity index is 5280. The molecule has 744 valence electrons. The molecule has 4 aromatic heterocycles. The topological polar surface area (TPSA) is 294 Å². The third kappa shape index (κ3) is 24.4. The molecule has 0 saturated carbocycles. The lowest BCUT2D eigenvalue weighted by molar-refractivity contribution is -0.143. The van der Waals surface area contributed by atoms with Crippen LogP contribution in [0.1, 0.15) is 404 Å². The fraction of sp³-hybridized carbons (Fsp3) is 0.517. The molecule has 4 N–H and O–H groups in total. The van der Waals surface area contributed by atoms with E-state index < -0.39 is 47.5 Å². The average Bonchev–Trinajstić information content (AvgIpc) is 1.48. The molecule has 4 aliphatic heterocycles. The molecule has 8 heterocycles. The second kappa shape index (κ2) is 48.4. The van der Waals surface area contributed by atoms with E-state index in [0.717, 1.165) is 147 Å². The first kappa shape index (κ1) is 99.5. The number of carbonyl (C=O) groups excluding carboxylic acids is 4. The monoisotopic (exact) mass is 1910 g/mol. The van der Waals surface area contributed by atoms with E-state index in [0.29, 0.717) is 185 Å². The molecule has 0 saturated heterocycles. The standard InChI is InChI=1S/C116H144N8O16/c1-9-17-21-25-29-33-37-41-45-49-73-77-53-79-74(50-46-42-38-34-30-26-22-18-10-2)81-55-83-76(52-48-44-40-36-32-28-24-20-12-4)84-56-82-75(51-47-43-39-35-31-27-23-19-11-3)80-54-78(73)94-66-96(80)136-104-60-88-90(122-111(120-88)71-115(127)131-15-7)62-106(104)138-98(82)68-100(84)140-108-64-92-91(123-112(124-92)72-116(128)132-16-8)63-107(108)139-99(83)67-97(81)137-105-61-89-87(119-110(121-89)70-114(126)130-14-6)59-103(105)135-95(79)65-93(77)133-101-57-85-86(58-102(101)134-94)118-109(117-85)69-113(125)129-13-5/h53-68,73-76H,9-52,69-72H2,1-8H3,(H,117,118)(H,119,121)(H,120,122)(H,123,124). The number of rotatable bonds is 52. The molecule has 4 atom stereocenters. The average molecular weight is 1910 g/mol. The lowest BCUT2D eigenvalue weighted by Gasteiger charge is -2.30. The van der Waals surface area contributed by atoms with Crippen LogP contribution in [-0.4, -0.2) is 90.2 Å². The predicted octanol–water partition coefficient (Wildman–Crippen LogP) is 31.7. The molecule has 0 amide bonds. The van der Waals surface area contributed by atoms with Crippen molar-refractivity contribution in [2.45, 2.75) is 362 Å². The minimum absolute atomic E-state index is 0.0955. The van der Waals surface area contributed by atoms with Gasteiger partial charge in [0.15, 0.2) is 46.0 Å². The van der Waals surface area contributed by atoms with Crippen LogP contribution in [0.4, 0.5) is 0 Å². The molecule has 0 radical (unpaired) electrons. The Morgan fingerprint density at radius 3 is 0.550 bits per heavy atom. The molecular weight excluding hydrogens is 1760 g/mol. The van der Waals surface area contributed by atoms with Gasteiger partial charge in [0.1, 0.15) is 95.0 Å². The summed E-state index contributed by atoms with van der Waals surface area (Å²) in [6.45, 7) is 17.1. The zero-order valence-corrected chi connectivity index (χ0v) is 83.8. The van der Waals surface area contributed by atoms with Crippen molar-refractivity contribution in [2.75, 3.05) is 26.4 Å². The molecule has 5 aliphatic rings. The number of hydrogen-bond donors (Lipinski definition) is 4. The van der Waals surface area contributed by atoms with Crippen molar-refractivity contribution in [2.24, 2.45) is 0 Å². The highest BCUT2D eigenvalue weighted by molar-refractivity contribution is 5.87. The molecule has 140 heavy (non-hydrogen) atoms. The maximum absolute atomic E-state index is 13.5. The van der Waals surface area contributed by atoms with Gasteiger partial charge in [-0.3, -0.25) is 19.2 Å². The molecule has 0 spiro atoms. The van der Waals surface area contributed by atoms with Crippen LogP contribution >= 0.6 is 0 Å². The third-order valence-electron chi connectivity index (χ3n) is 28.6. The smallest absolute Gasteiger partial charge is 0.313 e. The molecule has 24 nitrogen and oxygen atoms in total. The van der Waals surface area contributed by atoms with Gasteiger partial charge in [-0.15, -0.1) is 0 Å². The summed E-state index contributed by atoms with van der Waals surface area (Å²) in [5.41, 5.74) is 12.0. The summed E-state index contributed by atoms with van der Waals surface area (Å²) in [6, 6.07) is 33.4. The van der Waals surface area contributed by atoms with E-state index in [1.165, 1.54) is 128 Å². The van der Waals surface area contributed by atoms with Crippen LogP contribution < -0.4 is 37.9 Å². The molecule has 17 rings (SSSR count). The molecular formula is C116H144N8O16. The number of aromatic amines is 4. The maximum Gasteiger partial charge on any atom is 0.313 e. The van der Waals surface area contributed by atoms with Crippen LogP contribution in [-0.2, 0) is 63.8 Å². The Labute approximate surface area is 824 Å². The van der Waals surface area contributed by atoms with Gasteiger partial charge in [0.2, 0.25) is 0 Å². The van der Waals surface area contributed by atoms with Crippen molar-refractivity contribution in [3.05, 3.63) is 165 Å². The summed E-state index contributed by atoms with van der Waals surface area (Å²) in [4.78, 5) is 88.1. The number of carbonyl (C=O) groups is 4. The Balaban J connectivity index is 0.984. The van der Waals surface area contributed by atoms with Crippen LogP contribution in [0.15, 0.2) is 97.1 Å². The van der Waals surface area contributed by atoms with Crippen molar-refractivity contribution in [1.29, 1.82) is 0 Å². The highest BCUT2D eigenvalue weighted by Crippen LogP contribution is 2.61. The van der Waals surface area contributed by atoms with E-state index in [1.807, 2.05) is 48.5 Å². The quantitative estimate of drug-likeness (QED) is 0.0156. The number of esters is 4. The number of fused-ring (bicyclic) bond motifs is 8. The number of hydrogen-bond acceptors (Lipinski definition) is 20. The van der Waals surface area contributed by atoms with Crippen LogP contribution in [0.25, 0.3) is 44.1 Å². The summed E-state index contributed by atoms with van der Waals surface area (Å²) in [6.07, 6.45) is 42.7.